The Labute approximate surface area is 129 Å². The van der Waals surface area contributed by atoms with E-state index in [4.69, 9.17) is 0 Å². The van der Waals surface area contributed by atoms with Crippen LogP contribution in [-0.4, -0.2) is 29.3 Å². The molecular formula is C19H29NO. The van der Waals surface area contributed by atoms with E-state index in [1.165, 1.54) is 31.2 Å². The zero-order valence-electron chi connectivity index (χ0n) is 13.6. The van der Waals surface area contributed by atoms with E-state index >= 15 is 0 Å². The molecule has 0 spiro atoms. The number of nitrogens with zero attached hydrogens (tertiary/aromatic N) is 1. The van der Waals surface area contributed by atoms with Gasteiger partial charge in [0.15, 0.2) is 5.78 Å². The molecule has 1 aromatic rings. The molecule has 0 N–H and O–H groups in total. The van der Waals surface area contributed by atoms with Crippen molar-refractivity contribution in [3.63, 3.8) is 0 Å². The van der Waals surface area contributed by atoms with Gasteiger partial charge in [-0.25, -0.2) is 0 Å². The molecule has 2 nitrogen and oxygen atoms in total. The van der Waals surface area contributed by atoms with Crippen LogP contribution in [0.4, 0.5) is 0 Å². The van der Waals surface area contributed by atoms with E-state index in [1.54, 1.807) is 0 Å². The predicted molar refractivity (Wildman–Crippen MR) is 88.5 cm³/mol. The lowest BCUT2D eigenvalue weighted by Crippen LogP contribution is -2.50. The number of aryl methyl sites for hydroxylation is 1. The van der Waals surface area contributed by atoms with E-state index < -0.39 is 0 Å². The fraction of sp³-hybridized carbons (Fsp3) is 0.632. The number of carbonyl (C=O) groups excluding carboxylic acids is 1. The minimum absolute atomic E-state index is 0.291. The molecule has 0 unspecified atom stereocenters. The first-order valence-electron chi connectivity index (χ1n) is 8.43. The lowest BCUT2D eigenvalue weighted by atomic mass is 9.92. The van der Waals surface area contributed by atoms with E-state index in [0.29, 0.717) is 12.2 Å². The van der Waals surface area contributed by atoms with Gasteiger partial charge in [0.25, 0.3) is 0 Å². The number of hydrogen-bond acceptors (Lipinski definition) is 2. The van der Waals surface area contributed by atoms with Crippen molar-refractivity contribution in [2.75, 3.05) is 13.1 Å². The van der Waals surface area contributed by atoms with E-state index in [1.807, 2.05) is 6.07 Å². The number of rotatable bonds is 6. The van der Waals surface area contributed by atoms with Gasteiger partial charge in [0.2, 0.25) is 0 Å². The number of carbonyl (C=O) groups is 1. The highest BCUT2D eigenvalue weighted by Gasteiger charge is 2.33. The molecule has 0 radical (unpaired) electrons. The van der Waals surface area contributed by atoms with Crippen LogP contribution in [0.15, 0.2) is 30.3 Å². The van der Waals surface area contributed by atoms with Gasteiger partial charge in [0.1, 0.15) is 0 Å². The summed E-state index contributed by atoms with van der Waals surface area (Å²) in [5.74, 6) is 0.403. The van der Waals surface area contributed by atoms with Crippen molar-refractivity contribution < 1.29 is 4.79 Å². The Hall–Kier alpha value is -1.15. The molecule has 0 saturated carbocycles. The van der Waals surface area contributed by atoms with Gasteiger partial charge in [-0.15, -0.1) is 0 Å². The van der Waals surface area contributed by atoms with E-state index in [2.05, 4.69) is 43.0 Å². The molecule has 2 heteroatoms. The van der Waals surface area contributed by atoms with Gasteiger partial charge in [-0.05, 0) is 58.2 Å². The van der Waals surface area contributed by atoms with Gasteiger partial charge in [0, 0.05) is 6.42 Å². The Morgan fingerprint density at radius 2 is 1.67 bits per heavy atom. The smallest absolute Gasteiger partial charge is 0.152 e. The van der Waals surface area contributed by atoms with Crippen molar-refractivity contribution in [2.24, 2.45) is 0 Å². The van der Waals surface area contributed by atoms with E-state index in [0.717, 1.165) is 25.9 Å². The van der Waals surface area contributed by atoms with Crippen molar-refractivity contribution in [3.8, 4) is 0 Å². The van der Waals surface area contributed by atoms with Crippen molar-refractivity contribution in [3.05, 3.63) is 35.9 Å². The number of hydrogen-bond donors (Lipinski definition) is 0. The molecule has 0 atom stereocenters. The Bertz CT molecular complexity index is 430. The number of Topliss-reactive ketones (excluding diaryl/α,β-unsaturated/α-hetero) is 1. The summed E-state index contributed by atoms with van der Waals surface area (Å²) in [5, 5.41) is 0. The average Bonchev–Trinajstić information content (AvgIpc) is 2.77. The maximum atomic E-state index is 12.6. The van der Waals surface area contributed by atoms with E-state index in [-0.39, 0.29) is 5.54 Å². The van der Waals surface area contributed by atoms with Crippen molar-refractivity contribution >= 4 is 5.78 Å². The Morgan fingerprint density at radius 1 is 1.05 bits per heavy atom. The van der Waals surface area contributed by atoms with Gasteiger partial charge < -0.3 is 0 Å². The Balaban J connectivity index is 1.83. The third-order valence-corrected chi connectivity index (χ3v) is 4.79. The molecule has 1 aliphatic heterocycles. The SMILES string of the molecule is CC(C)(C(=O)CCCc1ccccc1)N1CCCCCC1. The molecule has 1 aliphatic rings. The highest BCUT2D eigenvalue weighted by molar-refractivity contribution is 5.87. The minimum Gasteiger partial charge on any atom is -0.298 e. The second-order valence-electron chi connectivity index (χ2n) is 6.72. The maximum Gasteiger partial charge on any atom is 0.152 e. The summed E-state index contributed by atoms with van der Waals surface area (Å²) in [5.41, 5.74) is 1.04. The first kappa shape index (κ1) is 16.2. The molecule has 21 heavy (non-hydrogen) atoms. The third kappa shape index (κ3) is 4.67. The summed E-state index contributed by atoms with van der Waals surface area (Å²) in [7, 11) is 0. The molecule has 1 heterocycles. The maximum absolute atomic E-state index is 12.6. The average molecular weight is 287 g/mol. The second-order valence-corrected chi connectivity index (χ2v) is 6.72. The van der Waals surface area contributed by atoms with E-state index in [9.17, 15) is 4.79 Å². The van der Waals surface area contributed by atoms with Crippen molar-refractivity contribution in [1.29, 1.82) is 0 Å². The number of ketones is 1. The molecule has 1 aromatic carbocycles. The lowest BCUT2D eigenvalue weighted by Gasteiger charge is -2.36. The van der Waals surface area contributed by atoms with Crippen LogP contribution in [0.2, 0.25) is 0 Å². The summed E-state index contributed by atoms with van der Waals surface area (Å²) >= 11 is 0. The van der Waals surface area contributed by atoms with Crippen LogP contribution in [0.25, 0.3) is 0 Å². The van der Waals surface area contributed by atoms with Gasteiger partial charge in [-0.2, -0.15) is 0 Å². The fourth-order valence-electron chi connectivity index (χ4n) is 3.21. The molecule has 0 aromatic heterocycles. The van der Waals surface area contributed by atoms with Crippen molar-refractivity contribution in [1.82, 2.24) is 4.90 Å². The standard InChI is InChI=1S/C19H29NO/c1-19(2,20-15-8-3-4-9-16-20)18(21)14-10-13-17-11-6-5-7-12-17/h5-7,11-12H,3-4,8-10,13-16H2,1-2H3. The number of benzene rings is 1. The highest BCUT2D eigenvalue weighted by atomic mass is 16.1. The number of likely N-dealkylation sites (tertiary alicyclic amines) is 1. The first-order valence-corrected chi connectivity index (χ1v) is 8.43. The predicted octanol–water partition coefficient (Wildman–Crippen LogP) is 4.23. The first-order chi connectivity index (χ1) is 10.1. The lowest BCUT2D eigenvalue weighted by molar-refractivity contribution is -0.129. The summed E-state index contributed by atoms with van der Waals surface area (Å²) in [4.78, 5) is 15.0. The Kier molecular flexibility index (Phi) is 5.98. The quantitative estimate of drug-likeness (QED) is 0.780. The van der Waals surface area contributed by atoms with Gasteiger partial charge >= 0.3 is 0 Å². The topological polar surface area (TPSA) is 20.3 Å². The molecule has 0 amide bonds. The second kappa shape index (κ2) is 7.74. The molecule has 1 fully saturated rings. The van der Waals surface area contributed by atoms with Crippen LogP contribution in [0.3, 0.4) is 0 Å². The van der Waals surface area contributed by atoms with Crippen molar-refractivity contribution in [2.45, 2.75) is 64.3 Å². The normalized spacial score (nSPS) is 17.4. The third-order valence-electron chi connectivity index (χ3n) is 4.79. The summed E-state index contributed by atoms with van der Waals surface area (Å²) in [6.45, 7) is 6.39. The molecule has 0 aliphatic carbocycles. The minimum atomic E-state index is -0.291. The van der Waals surface area contributed by atoms with Gasteiger partial charge in [-0.3, -0.25) is 9.69 Å². The fourth-order valence-corrected chi connectivity index (χ4v) is 3.21. The van der Waals surface area contributed by atoms with Crippen LogP contribution < -0.4 is 0 Å². The molecule has 1 saturated heterocycles. The molecular weight excluding hydrogens is 258 g/mol. The van der Waals surface area contributed by atoms with Crippen LogP contribution in [0.5, 0.6) is 0 Å². The molecule has 116 valence electrons. The van der Waals surface area contributed by atoms with Crippen LogP contribution in [-0.2, 0) is 11.2 Å². The molecule has 0 bridgehead atoms. The zero-order chi connectivity index (χ0) is 15.1. The zero-order valence-corrected chi connectivity index (χ0v) is 13.6. The van der Waals surface area contributed by atoms with Crippen LogP contribution in [0.1, 0.15) is 57.9 Å². The van der Waals surface area contributed by atoms with Gasteiger partial charge in [0.05, 0.1) is 5.54 Å². The summed E-state index contributed by atoms with van der Waals surface area (Å²) in [6, 6.07) is 10.5. The molecule has 2 rings (SSSR count). The monoisotopic (exact) mass is 287 g/mol. The summed E-state index contributed by atoms with van der Waals surface area (Å²) in [6.07, 6.45) is 7.76. The van der Waals surface area contributed by atoms with Crippen LogP contribution in [0, 0.1) is 0 Å². The van der Waals surface area contributed by atoms with Crippen LogP contribution >= 0.6 is 0 Å². The summed E-state index contributed by atoms with van der Waals surface area (Å²) < 4.78 is 0. The van der Waals surface area contributed by atoms with Gasteiger partial charge in [-0.1, -0.05) is 43.2 Å². The Morgan fingerprint density at radius 3 is 2.29 bits per heavy atom. The largest absolute Gasteiger partial charge is 0.298 e. The highest BCUT2D eigenvalue weighted by Crippen LogP contribution is 2.23.